The lowest BCUT2D eigenvalue weighted by Gasteiger charge is -2.10. The molecule has 4 heteroatoms. The molecule has 0 aliphatic carbocycles. The van der Waals surface area contributed by atoms with Gasteiger partial charge in [0.15, 0.2) is 0 Å². The number of amides is 1. The molecular formula is C27H56N2OS. The molecule has 0 aromatic rings. The van der Waals surface area contributed by atoms with E-state index in [0.29, 0.717) is 6.42 Å². The summed E-state index contributed by atoms with van der Waals surface area (Å²) < 4.78 is 0. The Labute approximate surface area is 200 Å². The third-order valence-corrected chi connectivity index (χ3v) is 7.12. The van der Waals surface area contributed by atoms with Crippen LogP contribution >= 0.6 is 11.8 Å². The third-order valence-electron chi connectivity index (χ3n) is 5.97. The van der Waals surface area contributed by atoms with Crippen LogP contribution in [0.4, 0.5) is 0 Å². The van der Waals surface area contributed by atoms with E-state index in [-0.39, 0.29) is 5.91 Å². The number of carbonyl (C=O) groups is 1. The molecule has 31 heavy (non-hydrogen) atoms. The average molecular weight is 457 g/mol. The summed E-state index contributed by atoms with van der Waals surface area (Å²) in [5.74, 6) is 2.72. The molecule has 0 unspecified atom stereocenters. The smallest absolute Gasteiger partial charge is 0.220 e. The molecule has 0 aromatic heterocycles. The van der Waals surface area contributed by atoms with E-state index >= 15 is 0 Å². The number of unbranched alkanes of at least 4 members (excludes halogenated alkanes) is 16. The lowest BCUT2D eigenvalue weighted by molar-refractivity contribution is -0.121. The van der Waals surface area contributed by atoms with E-state index in [1.807, 2.05) is 14.1 Å². The predicted molar refractivity (Wildman–Crippen MR) is 142 cm³/mol. The first-order valence-electron chi connectivity index (χ1n) is 13.7. The summed E-state index contributed by atoms with van der Waals surface area (Å²) in [6, 6.07) is 0. The number of hydrogen-bond donors (Lipinski definition) is 1. The zero-order valence-corrected chi connectivity index (χ0v) is 22.3. The molecule has 0 saturated carbocycles. The SMILES string of the molecule is CCCCCCCCCCCCCCCCCCSCCCCC(=O)NCCN(C)C. The zero-order chi connectivity index (χ0) is 22.8. The Bertz CT molecular complexity index is 363. The van der Waals surface area contributed by atoms with Gasteiger partial charge in [-0.15, -0.1) is 0 Å². The molecule has 3 nitrogen and oxygen atoms in total. The molecule has 0 rings (SSSR count). The second-order valence-corrected chi connectivity index (χ2v) is 10.8. The summed E-state index contributed by atoms with van der Waals surface area (Å²) in [5, 5.41) is 2.99. The number of rotatable bonds is 25. The van der Waals surface area contributed by atoms with Crippen LogP contribution < -0.4 is 5.32 Å². The van der Waals surface area contributed by atoms with Crippen molar-refractivity contribution in [3.05, 3.63) is 0 Å². The monoisotopic (exact) mass is 456 g/mol. The number of carbonyl (C=O) groups excluding carboxylic acids is 1. The Balaban J connectivity index is 3.08. The second-order valence-electron chi connectivity index (χ2n) is 9.53. The Hall–Kier alpha value is -0.220. The van der Waals surface area contributed by atoms with Gasteiger partial charge in [-0.2, -0.15) is 11.8 Å². The Morgan fingerprint density at radius 3 is 1.52 bits per heavy atom. The van der Waals surface area contributed by atoms with Crippen molar-refractivity contribution in [2.24, 2.45) is 0 Å². The van der Waals surface area contributed by atoms with Crippen molar-refractivity contribution in [2.75, 3.05) is 38.7 Å². The lowest BCUT2D eigenvalue weighted by Crippen LogP contribution is -2.31. The van der Waals surface area contributed by atoms with E-state index in [1.54, 1.807) is 0 Å². The van der Waals surface area contributed by atoms with E-state index < -0.39 is 0 Å². The highest BCUT2D eigenvalue weighted by atomic mass is 32.2. The first-order valence-corrected chi connectivity index (χ1v) is 14.8. The maximum Gasteiger partial charge on any atom is 0.220 e. The van der Waals surface area contributed by atoms with Crippen molar-refractivity contribution in [1.29, 1.82) is 0 Å². The van der Waals surface area contributed by atoms with Gasteiger partial charge in [0.1, 0.15) is 0 Å². The van der Waals surface area contributed by atoms with Crippen LogP contribution in [0.1, 0.15) is 129 Å². The molecule has 186 valence electrons. The number of hydrogen-bond acceptors (Lipinski definition) is 3. The Kier molecular flexibility index (Phi) is 25.9. The maximum atomic E-state index is 11.7. The van der Waals surface area contributed by atoms with Crippen LogP contribution in [-0.2, 0) is 4.79 Å². The Morgan fingerprint density at radius 2 is 1.06 bits per heavy atom. The highest BCUT2D eigenvalue weighted by Gasteiger charge is 2.01. The topological polar surface area (TPSA) is 32.3 Å². The van der Waals surface area contributed by atoms with Crippen LogP contribution in [0.2, 0.25) is 0 Å². The molecule has 0 aromatic carbocycles. The van der Waals surface area contributed by atoms with Crippen LogP contribution in [0.3, 0.4) is 0 Å². The van der Waals surface area contributed by atoms with Gasteiger partial charge >= 0.3 is 0 Å². The van der Waals surface area contributed by atoms with Crippen molar-refractivity contribution in [3.63, 3.8) is 0 Å². The van der Waals surface area contributed by atoms with Crippen molar-refractivity contribution < 1.29 is 4.79 Å². The second kappa shape index (κ2) is 26.0. The first-order chi connectivity index (χ1) is 15.2. The number of nitrogens with one attached hydrogen (secondary N) is 1. The van der Waals surface area contributed by atoms with E-state index in [0.717, 1.165) is 19.5 Å². The highest BCUT2D eigenvalue weighted by molar-refractivity contribution is 7.99. The van der Waals surface area contributed by atoms with Crippen molar-refractivity contribution in [3.8, 4) is 0 Å². The molecule has 0 heterocycles. The highest BCUT2D eigenvalue weighted by Crippen LogP contribution is 2.15. The summed E-state index contributed by atoms with van der Waals surface area (Å²) in [5.41, 5.74) is 0. The Morgan fingerprint density at radius 1 is 0.645 bits per heavy atom. The van der Waals surface area contributed by atoms with E-state index in [2.05, 4.69) is 28.9 Å². The van der Waals surface area contributed by atoms with Gasteiger partial charge < -0.3 is 10.2 Å². The first kappa shape index (κ1) is 30.8. The standard InChI is InChI=1S/C27H56N2OS/c1-4-5-6-7-8-9-10-11-12-13-14-15-16-17-18-20-25-31-26-21-19-22-27(30)28-23-24-29(2)3/h4-26H2,1-3H3,(H,28,30). The van der Waals surface area contributed by atoms with Gasteiger partial charge in [0.05, 0.1) is 0 Å². The van der Waals surface area contributed by atoms with Crippen LogP contribution in [0.5, 0.6) is 0 Å². The average Bonchev–Trinajstić information content (AvgIpc) is 2.74. The van der Waals surface area contributed by atoms with E-state index in [1.165, 1.54) is 121 Å². The van der Waals surface area contributed by atoms with Gasteiger partial charge in [-0.05, 0) is 44.9 Å². The minimum atomic E-state index is 0.213. The number of thioether (sulfide) groups is 1. The van der Waals surface area contributed by atoms with Crippen LogP contribution in [0, 0.1) is 0 Å². The zero-order valence-electron chi connectivity index (χ0n) is 21.5. The fourth-order valence-corrected chi connectivity index (χ4v) is 4.87. The van der Waals surface area contributed by atoms with Crippen molar-refractivity contribution in [1.82, 2.24) is 10.2 Å². The molecule has 0 spiro atoms. The molecule has 0 fully saturated rings. The quantitative estimate of drug-likeness (QED) is 0.142. The number of likely N-dealkylation sites (N-methyl/N-ethyl adjacent to an activating group) is 1. The molecule has 0 bridgehead atoms. The minimum absolute atomic E-state index is 0.213. The van der Waals surface area contributed by atoms with Gasteiger partial charge in [-0.1, -0.05) is 103 Å². The van der Waals surface area contributed by atoms with Gasteiger partial charge in [0, 0.05) is 19.5 Å². The van der Waals surface area contributed by atoms with Gasteiger partial charge in [-0.3, -0.25) is 4.79 Å². The van der Waals surface area contributed by atoms with Gasteiger partial charge in [-0.25, -0.2) is 0 Å². The summed E-state index contributed by atoms with van der Waals surface area (Å²) in [7, 11) is 4.06. The van der Waals surface area contributed by atoms with E-state index in [9.17, 15) is 4.79 Å². The molecule has 0 radical (unpaired) electrons. The largest absolute Gasteiger partial charge is 0.355 e. The van der Waals surface area contributed by atoms with Gasteiger partial charge in [0.2, 0.25) is 5.91 Å². The van der Waals surface area contributed by atoms with Crippen molar-refractivity contribution in [2.45, 2.75) is 129 Å². The molecule has 0 aliphatic rings. The minimum Gasteiger partial charge on any atom is -0.355 e. The molecule has 0 saturated heterocycles. The molecule has 1 N–H and O–H groups in total. The normalized spacial score (nSPS) is 11.4. The van der Waals surface area contributed by atoms with Gasteiger partial charge in [0.25, 0.3) is 0 Å². The third kappa shape index (κ3) is 27.7. The molecular weight excluding hydrogens is 400 g/mol. The van der Waals surface area contributed by atoms with E-state index in [4.69, 9.17) is 0 Å². The molecule has 0 atom stereocenters. The summed E-state index contributed by atoms with van der Waals surface area (Å²) in [6.45, 7) is 3.97. The molecule has 0 aliphatic heterocycles. The lowest BCUT2D eigenvalue weighted by atomic mass is 10.0. The summed E-state index contributed by atoms with van der Waals surface area (Å²) in [4.78, 5) is 13.8. The fourth-order valence-electron chi connectivity index (χ4n) is 3.85. The molecule has 1 amide bonds. The van der Waals surface area contributed by atoms with Crippen LogP contribution in [0.25, 0.3) is 0 Å². The van der Waals surface area contributed by atoms with Crippen molar-refractivity contribution >= 4 is 17.7 Å². The summed E-state index contributed by atoms with van der Waals surface area (Å²) in [6.07, 6.45) is 25.9. The van der Waals surface area contributed by atoms with Crippen LogP contribution in [-0.4, -0.2) is 49.5 Å². The maximum absolute atomic E-state index is 11.7. The predicted octanol–water partition coefficient (Wildman–Crippen LogP) is 7.83. The summed E-state index contributed by atoms with van der Waals surface area (Å²) >= 11 is 2.07. The fraction of sp³-hybridized carbons (Fsp3) is 0.963. The number of nitrogens with zero attached hydrogens (tertiary/aromatic N) is 1. The van der Waals surface area contributed by atoms with Crippen LogP contribution in [0.15, 0.2) is 0 Å².